The van der Waals surface area contributed by atoms with Crippen molar-refractivity contribution in [3.63, 3.8) is 0 Å². The summed E-state index contributed by atoms with van der Waals surface area (Å²) in [5.74, 6) is 1.62. The van der Waals surface area contributed by atoms with Crippen molar-refractivity contribution in [2.45, 2.75) is 32.5 Å². The molecule has 0 aliphatic carbocycles. The molecule has 0 amide bonds. The number of benzene rings is 2. The number of aromatic nitrogens is 2. The van der Waals surface area contributed by atoms with E-state index in [9.17, 15) is 5.11 Å². The number of aryl methyl sites for hydroxylation is 1. The smallest absolute Gasteiger partial charge is 0.151 e. The largest absolute Gasteiger partial charge is 0.491 e. The third-order valence-corrected chi connectivity index (χ3v) is 7.16. The normalized spacial score (nSPS) is 18.4. The molecule has 0 radical (unpaired) electrons. The van der Waals surface area contributed by atoms with E-state index in [0.29, 0.717) is 12.6 Å². The molecule has 4 aromatic rings. The first-order valence-corrected chi connectivity index (χ1v) is 12.5. The summed E-state index contributed by atoms with van der Waals surface area (Å²) in [6.07, 6.45) is -0.551. The number of piperazine rings is 1. The summed E-state index contributed by atoms with van der Waals surface area (Å²) in [5, 5.41) is 15.9. The van der Waals surface area contributed by atoms with Gasteiger partial charge in [-0.1, -0.05) is 35.5 Å². The Bertz CT molecular complexity index is 1230. The zero-order valence-corrected chi connectivity index (χ0v) is 20.4. The van der Waals surface area contributed by atoms with Crippen LogP contribution in [-0.4, -0.2) is 70.0 Å². The molecular formula is C26H30N4O3S. The Labute approximate surface area is 203 Å². The lowest BCUT2D eigenvalue weighted by Gasteiger charge is -2.40. The summed E-state index contributed by atoms with van der Waals surface area (Å²) in [5.41, 5.74) is 2.88. The number of fused-ring (bicyclic) bond motifs is 1. The van der Waals surface area contributed by atoms with Crippen LogP contribution in [0.5, 0.6) is 5.75 Å². The Hall–Kier alpha value is -2.78. The predicted octanol–water partition coefficient (Wildman–Crippen LogP) is 4.21. The summed E-state index contributed by atoms with van der Waals surface area (Å²) in [6, 6.07) is 18.4. The average Bonchev–Trinajstić information content (AvgIpc) is 3.45. The lowest BCUT2D eigenvalue weighted by atomic mass is 10.1. The Morgan fingerprint density at radius 1 is 1.18 bits per heavy atom. The fraction of sp³-hybridized carbons (Fsp3) is 0.385. The van der Waals surface area contributed by atoms with Crippen molar-refractivity contribution in [1.29, 1.82) is 0 Å². The van der Waals surface area contributed by atoms with E-state index in [2.05, 4.69) is 26.9 Å². The number of thiazole rings is 1. The molecule has 5 rings (SSSR count). The fourth-order valence-electron chi connectivity index (χ4n) is 4.47. The highest BCUT2D eigenvalue weighted by atomic mass is 32.1. The molecule has 0 spiro atoms. The van der Waals surface area contributed by atoms with Crippen molar-refractivity contribution in [2.24, 2.45) is 0 Å². The molecular weight excluding hydrogens is 448 g/mol. The predicted molar refractivity (Wildman–Crippen MR) is 134 cm³/mol. The van der Waals surface area contributed by atoms with Gasteiger partial charge in [-0.2, -0.15) is 0 Å². The number of ether oxygens (including phenoxy) is 1. The van der Waals surface area contributed by atoms with E-state index in [1.807, 2.05) is 61.5 Å². The van der Waals surface area contributed by atoms with Gasteiger partial charge in [0.05, 0.1) is 21.8 Å². The lowest BCUT2D eigenvalue weighted by Crippen LogP contribution is -2.53. The number of nitrogens with zero attached hydrogens (tertiary/aromatic N) is 4. The van der Waals surface area contributed by atoms with Gasteiger partial charge in [-0.15, -0.1) is 11.3 Å². The van der Waals surface area contributed by atoms with Crippen LogP contribution in [0.4, 0.5) is 0 Å². The van der Waals surface area contributed by atoms with Gasteiger partial charge in [-0.25, -0.2) is 4.98 Å². The molecule has 34 heavy (non-hydrogen) atoms. The van der Waals surface area contributed by atoms with Crippen molar-refractivity contribution in [1.82, 2.24) is 19.9 Å². The minimum atomic E-state index is -0.551. The van der Waals surface area contributed by atoms with E-state index < -0.39 is 6.10 Å². The minimum Gasteiger partial charge on any atom is -0.491 e. The highest BCUT2D eigenvalue weighted by Crippen LogP contribution is 2.26. The summed E-state index contributed by atoms with van der Waals surface area (Å²) in [6.45, 7) is 8.52. The standard InChI is InChI=1S/C26H30N4O3S/c1-18-14-29(16-23-13-24(28-33-23)20-6-4-3-5-7-20)10-11-30(18)15-21(31)17-32-22-8-9-26-25(12-22)27-19(2)34-26/h3-9,12-13,18,21,31H,10-11,14-17H2,1-2H3. The monoisotopic (exact) mass is 478 g/mol. The number of hydrogen-bond donors (Lipinski definition) is 1. The van der Waals surface area contributed by atoms with Crippen LogP contribution >= 0.6 is 11.3 Å². The number of hydrogen-bond acceptors (Lipinski definition) is 8. The molecule has 3 heterocycles. The first-order chi connectivity index (χ1) is 16.5. The molecule has 0 saturated carbocycles. The van der Waals surface area contributed by atoms with E-state index in [-0.39, 0.29) is 6.61 Å². The van der Waals surface area contributed by atoms with Crippen LogP contribution in [0.3, 0.4) is 0 Å². The molecule has 2 aromatic carbocycles. The third kappa shape index (κ3) is 5.47. The zero-order chi connectivity index (χ0) is 23.5. The third-order valence-electron chi connectivity index (χ3n) is 6.21. The number of β-amino-alcohol motifs (C(OH)–C–C–N with tert-alkyl or cyclic N) is 1. The number of aliphatic hydroxyl groups excluding tert-OH is 1. The zero-order valence-electron chi connectivity index (χ0n) is 19.6. The van der Waals surface area contributed by atoms with Crippen molar-refractivity contribution in [3.05, 3.63) is 65.4 Å². The van der Waals surface area contributed by atoms with Gasteiger partial charge in [-0.3, -0.25) is 9.80 Å². The molecule has 2 unspecified atom stereocenters. The van der Waals surface area contributed by atoms with Crippen LogP contribution in [0.1, 0.15) is 17.7 Å². The maximum Gasteiger partial charge on any atom is 0.151 e. The Kier molecular flexibility index (Phi) is 6.92. The van der Waals surface area contributed by atoms with Gasteiger partial charge >= 0.3 is 0 Å². The molecule has 1 aliphatic heterocycles. The maximum atomic E-state index is 10.6. The Morgan fingerprint density at radius 2 is 2.03 bits per heavy atom. The van der Waals surface area contributed by atoms with E-state index in [0.717, 1.165) is 64.2 Å². The van der Waals surface area contributed by atoms with Crippen LogP contribution < -0.4 is 4.74 Å². The van der Waals surface area contributed by atoms with Crippen LogP contribution in [0, 0.1) is 6.92 Å². The van der Waals surface area contributed by atoms with Crippen LogP contribution in [-0.2, 0) is 6.54 Å². The van der Waals surface area contributed by atoms with Gasteiger partial charge in [0.1, 0.15) is 24.2 Å². The summed E-state index contributed by atoms with van der Waals surface area (Å²) in [4.78, 5) is 9.22. The summed E-state index contributed by atoms with van der Waals surface area (Å²) < 4.78 is 12.6. The molecule has 0 bridgehead atoms. The van der Waals surface area contributed by atoms with Crippen LogP contribution in [0.15, 0.2) is 59.1 Å². The molecule has 2 atom stereocenters. The molecule has 1 saturated heterocycles. The Morgan fingerprint density at radius 3 is 2.85 bits per heavy atom. The molecule has 2 aromatic heterocycles. The Balaban J connectivity index is 1.09. The summed E-state index contributed by atoms with van der Waals surface area (Å²) in [7, 11) is 0. The van der Waals surface area contributed by atoms with Crippen LogP contribution in [0.25, 0.3) is 21.5 Å². The molecule has 1 fully saturated rings. The lowest BCUT2D eigenvalue weighted by molar-refractivity contribution is 0.0178. The molecule has 1 N–H and O–H groups in total. The SMILES string of the molecule is Cc1nc2cc(OCC(O)CN3CCN(Cc4cc(-c5ccccc5)no4)CC3C)ccc2s1. The second-order valence-electron chi connectivity index (χ2n) is 8.95. The topological polar surface area (TPSA) is 74.9 Å². The van der Waals surface area contributed by atoms with Crippen LogP contribution in [0.2, 0.25) is 0 Å². The maximum absolute atomic E-state index is 10.6. The van der Waals surface area contributed by atoms with Gasteiger partial charge in [0.25, 0.3) is 0 Å². The molecule has 7 nitrogen and oxygen atoms in total. The quantitative estimate of drug-likeness (QED) is 0.407. The first kappa shape index (κ1) is 23.0. The second-order valence-corrected chi connectivity index (χ2v) is 10.2. The van der Waals surface area contributed by atoms with Crippen molar-refractivity contribution in [2.75, 3.05) is 32.8 Å². The fourth-order valence-corrected chi connectivity index (χ4v) is 5.27. The van der Waals surface area contributed by atoms with Crippen molar-refractivity contribution in [3.8, 4) is 17.0 Å². The summed E-state index contributed by atoms with van der Waals surface area (Å²) >= 11 is 1.67. The number of aliphatic hydroxyl groups is 1. The minimum absolute atomic E-state index is 0.266. The van der Waals surface area contributed by atoms with Crippen molar-refractivity contribution < 1.29 is 14.4 Å². The van der Waals surface area contributed by atoms with Gasteiger partial charge in [0.15, 0.2) is 5.76 Å². The second kappa shape index (κ2) is 10.2. The van der Waals surface area contributed by atoms with Gasteiger partial charge in [0, 0.05) is 49.9 Å². The first-order valence-electron chi connectivity index (χ1n) is 11.7. The van der Waals surface area contributed by atoms with Gasteiger partial charge in [-0.05, 0) is 26.0 Å². The van der Waals surface area contributed by atoms with Crippen molar-refractivity contribution >= 4 is 21.6 Å². The van der Waals surface area contributed by atoms with E-state index in [1.54, 1.807) is 11.3 Å². The molecule has 178 valence electrons. The number of rotatable bonds is 8. The van der Waals surface area contributed by atoms with E-state index in [1.165, 1.54) is 0 Å². The van der Waals surface area contributed by atoms with E-state index >= 15 is 0 Å². The van der Waals surface area contributed by atoms with Gasteiger partial charge in [0.2, 0.25) is 0 Å². The highest BCUT2D eigenvalue weighted by molar-refractivity contribution is 7.18. The molecule has 8 heteroatoms. The highest BCUT2D eigenvalue weighted by Gasteiger charge is 2.26. The molecule has 1 aliphatic rings. The average molecular weight is 479 g/mol. The van der Waals surface area contributed by atoms with Gasteiger partial charge < -0.3 is 14.4 Å². The van der Waals surface area contributed by atoms with E-state index in [4.69, 9.17) is 9.26 Å².